The summed E-state index contributed by atoms with van der Waals surface area (Å²) < 4.78 is 0. The van der Waals surface area contributed by atoms with E-state index in [1.54, 1.807) is 12.4 Å². The number of hydrogen-bond acceptors (Lipinski definition) is 4. The fraction of sp³-hybridized carbons (Fsp3) is 0.0769. The van der Waals surface area contributed by atoms with Gasteiger partial charge in [0.2, 0.25) is 0 Å². The number of nitrogens with one attached hydrogen (secondary N) is 1. The van der Waals surface area contributed by atoms with Gasteiger partial charge in [-0.05, 0) is 18.2 Å². The van der Waals surface area contributed by atoms with Crippen molar-refractivity contribution in [3.05, 3.63) is 48.3 Å². The first-order valence-electron chi connectivity index (χ1n) is 5.47. The predicted octanol–water partition coefficient (Wildman–Crippen LogP) is 2.32. The van der Waals surface area contributed by atoms with Crippen LogP contribution in [0.2, 0.25) is 0 Å². The van der Waals surface area contributed by atoms with Crippen molar-refractivity contribution in [1.82, 2.24) is 15.4 Å². The molecule has 0 amide bonds. The first-order chi connectivity index (χ1) is 8.43. The summed E-state index contributed by atoms with van der Waals surface area (Å²) in [5.74, 6) is 0. The van der Waals surface area contributed by atoms with Gasteiger partial charge in [-0.3, -0.25) is 14.8 Å². The van der Waals surface area contributed by atoms with Gasteiger partial charge in [0.05, 0.1) is 11.0 Å². The zero-order valence-corrected chi connectivity index (χ0v) is 8.92. The average Bonchev–Trinajstić information content (AvgIpc) is 3.22. The number of hydroxylamine groups is 1. The lowest BCUT2D eigenvalue weighted by atomic mass is 10.0. The molecule has 0 bridgehead atoms. The summed E-state index contributed by atoms with van der Waals surface area (Å²) in [7, 11) is 0. The minimum absolute atomic E-state index is 0.00805. The fourth-order valence-corrected chi connectivity index (χ4v) is 2.18. The molecule has 4 heteroatoms. The second-order valence-corrected chi connectivity index (χ2v) is 4.06. The molecule has 1 fully saturated rings. The fourth-order valence-electron chi connectivity index (χ4n) is 2.18. The number of pyridine rings is 2. The molecule has 4 nitrogen and oxygen atoms in total. The second-order valence-electron chi connectivity index (χ2n) is 4.06. The average molecular weight is 223 g/mol. The van der Waals surface area contributed by atoms with Crippen molar-refractivity contribution in [2.75, 3.05) is 0 Å². The van der Waals surface area contributed by atoms with E-state index in [1.807, 2.05) is 18.2 Å². The molecule has 1 unspecified atom stereocenters. The second kappa shape index (κ2) is 3.23. The van der Waals surface area contributed by atoms with Gasteiger partial charge in [-0.1, -0.05) is 12.1 Å². The molecular weight excluding hydrogens is 214 g/mol. The van der Waals surface area contributed by atoms with Crippen LogP contribution in [-0.2, 0) is 4.84 Å². The van der Waals surface area contributed by atoms with Crippen LogP contribution >= 0.6 is 0 Å². The molecule has 82 valence electrons. The summed E-state index contributed by atoms with van der Waals surface area (Å²) in [5.41, 5.74) is 5.84. The molecule has 1 aliphatic heterocycles. The zero-order chi connectivity index (χ0) is 11.2. The van der Waals surface area contributed by atoms with Crippen LogP contribution in [0, 0.1) is 0 Å². The van der Waals surface area contributed by atoms with E-state index in [9.17, 15) is 0 Å². The summed E-state index contributed by atoms with van der Waals surface area (Å²) >= 11 is 0. The molecule has 2 aromatic heterocycles. The van der Waals surface area contributed by atoms with Crippen LogP contribution in [-0.4, -0.2) is 9.97 Å². The Bertz CT molecular complexity index is 722. The summed E-state index contributed by atoms with van der Waals surface area (Å²) in [6, 6.07) is 10.1. The van der Waals surface area contributed by atoms with Crippen LogP contribution in [0.25, 0.3) is 21.8 Å². The molecule has 0 aliphatic carbocycles. The molecule has 1 N–H and O–H groups in total. The summed E-state index contributed by atoms with van der Waals surface area (Å²) in [6.07, 6.45) is 3.58. The van der Waals surface area contributed by atoms with Crippen molar-refractivity contribution < 1.29 is 4.84 Å². The maximum atomic E-state index is 5.15. The Hall–Kier alpha value is -2.04. The lowest BCUT2D eigenvalue weighted by Crippen LogP contribution is -1.91. The Balaban J connectivity index is 2.22. The van der Waals surface area contributed by atoms with E-state index in [2.05, 4.69) is 27.6 Å². The van der Waals surface area contributed by atoms with Crippen LogP contribution < -0.4 is 5.48 Å². The van der Waals surface area contributed by atoms with Gasteiger partial charge in [-0.2, -0.15) is 5.48 Å². The largest absolute Gasteiger partial charge is 0.273 e. The van der Waals surface area contributed by atoms with Crippen molar-refractivity contribution in [2.24, 2.45) is 0 Å². The SMILES string of the molecule is c1cnc2c(c1)cc(C1NO1)c1cccnc12. The van der Waals surface area contributed by atoms with E-state index in [4.69, 9.17) is 4.84 Å². The van der Waals surface area contributed by atoms with Crippen molar-refractivity contribution in [3.8, 4) is 0 Å². The van der Waals surface area contributed by atoms with Crippen LogP contribution in [0.3, 0.4) is 0 Å². The number of rotatable bonds is 1. The highest BCUT2D eigenvalue weighted by Gasteiger charge is 2.27. The molecule has 1 aliphatic rings. The summed E-state index contributed by atoms with van der Waals surface area (Å²) in [5, 5.41) is 2.18. The van der Waals surface area contributed by atoms with E-state index < -0.39 is 0 Å². The first kappa shape index (κ1) is 9.04. The lowest BCUT2D eigenvalue weighted by Gasteiger charge is -2.05. The molecule has 1 saturated heterocycles. The van der Waals surface area contributed by atoms with Gasteiger partial charge in [0.25, 0.3) is 0 Å². The van der Waals surface area contributed by atoms with Gasteiger partial charge >= 0.3 is 0 Å². The Kier molecular flexibility index (Phi) is 1.72. The Labute approximate surface area is 97.2 Å². The number of aromatic nitrogens is 2. The summed E-state index contributed by atoms with van der Waals surface area (Å²) in [4.78, 5) is 14.0. The topological polar surface area (TPSA) is 60.2 Å². The quantitative estimate of drug-likeness (QED) is 0.508. The van der Waals surface area contributed by atoms with Crippen LogP contribution in [0.1, 0.15) is 11.8 Å². The normalized spacial score (nSPS) is 18.7. The lowest BCUT2D eigenvalue weighted by molar-refractivity contribution is 0.375. The van der Waals surface area contributed by atoms with Gasteiger partial charge in [-0.15, -0.1) is 0 Å². The zero-order valence-electron chi connectivity index (χ0n) is 8.92. The highest BCUT2D eigenvalue weighted by atomic mass is 16.8. The Morgan fingerprint density at radius 2 is 1.82 bits per heavy atom. The number of fused-ring (bicyclic) bond motifs is 3. The van der Waals surface area contributed by atoms with E-state index >= 15 is 0 Å². The number of benzene rings is 1. The molecule has 1 atom stereocenters. The van der Waals surface area contributed by atoms with Gasteiger partial charge in [0.15, 0.2) is 6.23 Å². The van der Waals surface area contributed by atoms with E-state index in [1.165, 1.54) is 0 Å². The van der Waals surface area contributed by atoms with E-state index in [-0.39, 0.29) is 6.23 Å². The van der Waals surface area contributed by atoms with Gasteiger partial charge in [0, 0.05) is 28.7 Å². The third-order valence-corrected chi connectivity index (χ3v) is 3.01. The van der Waals surface area contributed by atoms with Gasteiger partial charge in [-0.25, -0.2) is 0 Å². The highest BCUT2D eigenvalue weighted by molar-refractivity contribution is 6.04. The molecule has 17 heavy (non-hydrogen) atoms. The number of hydrogen-bond donors (Lipinski definition) is 1. The van der Waals surface area contributed by atoms with Gasteiger partial charge < -0.3 is 0 Å². The van der Waals surface area contributed by atoms with Crippen molar-refractivity contribution in [2.45, 2.75) is 6.23 Å². The van der Waals surface area contributed by atoms with Crippen molar-refractivity contribution in [1.29, 1.82) is 0 Å². The third kappa shape index (κ3) is 1.32. The first-order valence-corrected chi connectivity index (χ1v) is 5.47. The predicted molar refractivity (Wildman–Crippen MR) is 64.0 cm³/mol. The minimum Gasteiger partial charge on any atom is -0.273 e. The maximum Gasteiger partial charge on any atom is 0.177 e. The Morgan fingerprint density at radius 1 is 1.06 bits per heavy atom. The molecule has 0 saturated carbocycles. The molecule has 4 rings (SSSR count). The molecule has 0 spiro atoms. The maximum absolute atomic E-state index is 5.15. The highest BCUT2D eigenvalue weighted by Crippen LogP contribution is 2.33. The molecule has 0 radical (unpaired) electrons. The standard InChI is InChI=1S/C13H9N3O/c1-3-8-7-10(13-16-17-13)9-4-2-6-15-12(9)11(8)14-5-1/h1-7,13,16H. The minimum atomic E-state index is -0.00805. The van der Waals surface area contributed by atoms with Crippen LogP contribution in [0.15, 0.2) is 42.7 Å². The molecule has 1 aromatic carbocycles. The van der Waals surface area contributed by atoms with E-state index in [0.717, 1.165) is 27.4 Å². The smallest absolute Gasteiger partial charge is 0.177 e. The number of nitrogens with zero attached hydrogens (tertiary/aromatic N) is 2. The van der Waals surface area contributed by atoms with Crippen LogP contribution in [0.5, 0.6) is 0 Å². The van der Waals surface area contributed by atoms with Crippen molar-refractivity contribution in [3.63, 3.8) is 0 Å². The monoisotopic (exact) mass is 223 g/mol. The summed E-state index contributed by atoms with van der Waals surface area (Å²) in [6.45, 7) is 0. The Morgan fingerprint density at radius 3 is 2.65 bits per heavy atom. The van der Waals surface area contributed by atoms with Gasteiger partial charge in [0.1, 0.15) is 0 Å². The van der Waals surface area contributed by atoms with Crippen molar-refractivity contribution >= 4 is 21.8 Å². The molecule has 3 heterocycles. The van der Waals surface area contributed by atoms with E-state index in [0.29, 0.717) is 0 Å². The van der Waals surface area contributed by atoms with Crippen LogP contribution in [0.4, 0.5) is 0 Å². The molecular formula is C13H9N3O. The molecule has 3 aromatic rings. The third-order valence-electron chi connectivity index (χ3n) is 3.01.